The van der Waals surface area contributed by atoms with Crippen LogP contribution in [0.5, 0.6) is 5.75 Å². The van der Waals surface area contributed by atoms with Crippen molar-refractivity contribution < 1.29 is 23.5 Å². The number of anilines is 1. The van der Waals surface area contributed by atoms with Crippen LogP contribution in [0.25, 0.3) is 11.1 Å². The molecule has 1 N–H and O–H groups in total. The van der Waals surface area contributed by atoms with Gasteiger partial charge in [-0.3, -0.25) is 9.59 Å². The Hall–Kier alpha value is -3.67. The van der Waals surface area contributed by atoms with Crippen molar-refractivity contribution in [2.75, 3.05) is 19.0 Å². The number of esters is 1. The van der Waals surface area contributed by atoms with Crippen molar-refractivity contribution >= 4 is 17.6 Å². The quantitative estimate of drug-likeness (QED) is 0.611. The van der Waals surface area contributed by atoms with Crippen LogP contribution in [-0.4, -0.2) is 25.6 Å². The molecular formula is C23H20FNO4. The molecule has 0 aliphatic heterocycles. The lowest BCUT2D eigenvalue weighted by Gasteiger charge is -2.11. The largest absolute Gasteiger partial charge is 0.494 e. The average Bonchev–Trinajstić information content (AvgIpc) is 2.73. The van der Waals surface area contributed by atoms with E-state index in [-0.39, 0.29) is 12.2 Å². The van der Waals surface area contributed by atoms with Gasteiger partial charge in [0, 0.05) is 11.3 Å². The molecule has 3 rings (SSSR count). The summed E-state index contributed by atoms with van der Waals surface area (Å²) in [5, 5.41) is 2.76. The molecule has 6 heteroatoms. The van der Waals surface area contributed by atoms with E-state index < -0.39 is 24.3 Å². The summed E-state index contributed by atoms with van der Waals surface area (Å²) in [7, 11) is 1.36. The van der Waals surface area contributed by atoms with Crippen LogP contribution >= 0.6 is 0 Å². The third-order valence-electron chi connectivity index (χ3n) is 4.21. The van der Waals surface area contributed by atoms with Gasteiger partial charge in [0.1, 0.15) is 0 Å². The Morgan fingerprint density at radius 2 is 1.69 bits per heavy atom. The maximum absolute atomic E-state index is 13.7. The SMILES string of the molecule is COc1ccc(CC(=O)OCC(=O)Nc2ccccc2-c2ccccc2)cc1F. The Balaban J connectivity index is 1.57. The number of hydrogen-bond acceptors (Lipinski definition) is 4. The summed E-state index contributed by atoms with van der Waals surface area (Å²) < 4.78 is 23.5. The summed E-state index contributed by atoms with van der Waals surface area (Å²) in [6.07, 6.45) is -0.144. The molecule has 0 bridgehead atoms. The van der Waals surface area contributed by atoms with Crippen molar-refractivity contribution in [2.24, 2.45) is 0 Å². The third kappa shape index (κ3) is 5.42. The van der Waals surface area contributed by atoms with E-state index in [4.69, 9.17) is 9.47 Å². The number of carbonyl (C=O) groups is 2. The molecule has 5 nitrogen and oxygen atoms in total. The fourth-order valence-corrected chi connectivity index (χ4v) is 2.83. The van der Waals surface area contributed by atoms with Crippen molar-refractivity contribution in [2.45, 2.75) is 6.42 Å². The van der Waals surface area contributed by atoms with Crippen LogP contribution in [0.2, 0.25) is 0 Å². The molecule has 0 fully saturated rings. The molecule has 148 valence electrons. The van der Waals surface area contributed by atoms with E-state index in [1.807, 2.05) is 48.5 Å². The van der Waals surface area contributed by atoms with Gasteiger partial charge >= 0.3 is 5.97 Å². The smallest absolute Gasteiger partial charge is 0.310 e. The van der Waals surface area contributed by atoms with Gasteiger partial charge in [-0.25, -0.2) is 4.39 Å². The minimum Gasteiger partial charge on any atom is -0.494 e. The molecule has 0 atom stereocenters. The average molecular weight is 393 g/mol. The molecule has 0 saturated carbocycles. The van der Waals surface area contributed by atoms with Crippen LogP contribution in [0, 0.1) is 5.82 Å². The monoisotopic (exact) mass is 393 g/mol. The van der Waals surface area contributed by atoms with Gasteiger partial charge in [0.25, 0.3) is 5.91 Å². The summed E-state index contributed by atoms with van der Waals surface area (Å²) in [5.74, 6) is -1.55. The maximum Gasteiger partial charge on any atom is 0.310 e. The van der Waals surface area contributed by atoms with Gasteiger partial charge in [-0.2, -0.15) is 0 Å². The molecule has 0 spiro atoms. The first-order valence-corrected chi connectivity index (χ1v) is 8.99. The topological polar surface area (TPSA) is 64.6 Å². The molecular weight excluding hydrogens is 373 g/mol. The molecule has 0 aliphatic rings. The van der Waals surface area contributed by atoms with E-state index in [1.54, 1.807) is 12.1 Å². The molecule has 0 unspecified atom stereocenters. The number of benzene rings is 3. The molecule has 0 aromatic heterocycles. The van der Waals surface area contributed by atoms with Gasteiger partial charge < -0.3 is 14.8 Å². The van der Waals surface area contributed by atoms with Crippen LogP contribution < -0.4 is 10.1 Å². The zero-order valence-electron chi connectivity index (χ0n) is 15.9. The lowest BCUT2D eigenvalue weighted by molar-refractivity contribution is -0.146. The predicted molar refractivity (Wildman–Crippen MR) is 108 cm³/mol. The Kier molecular flexibility index (Phi) is 6.58. The number of methoxy groups -OCH3 is 1. The number of halogens is 1. The summed E-state index contributed by atoms with van der Waals surface area (Å²) in [6.45, 7) is -0.430. The van der Waals surface area contributed by atoms with E-state index >= 15 is 0 Å². The lowest BCUT2D eigenvalue weighted by Crippen LogP contribution is -2.22. The van der Waals surface area contributed by atoms with Crippen molar-refractivity contribution in [3.63, 3.8) is 0 Å². The Morgan fingerprint density at radius 3 is 2.41 bits per heavy atom. The second-order valence-electron chi connectivity index (χ2n) is 6.27. The summed E-state index contributed by atoms with van der Waals surface area (Å²) in [5.41, 5.74) is 2.88. The number of rotatable bonds is 7. The highest BCUT2D eigenvalue weighted by Crippen LogP contribution is 2.27. The summed E-state index contributed by atoms with van der Waals surface area (Å²) in [4.78, 5) is 24.2. The number of para-hydroxylation sites is 1. The van der Waals surface area contributed by atoms with E-state index in [0.29, 0.717) is 11.3 Å². The first kappa shape index (κ1) is 20.1. The van der Waals surface area contributed by atoms with Crippen molar-refractivity contribution in [3.8, 4) is 16.9 Å². The molecule has 0 aliphatic carbocycles. The minimum absolute atomic E-state index is 0.0959. The van der Waals surface area contributed by atoms with Crippen LogP contribution in [0.15, 0.2) is 72.8 Å². The van der Waals surface area contributed by atoms with E-state index in [0.717, 1.165) is 11.1 Å². The second-order valence-corrected chi connectivity index (χ2v) is 6.27. The van der Waals surface area contributed by atoms with Gasteiger partial charge in [-0.15, -0.1) is 0 Å². The number of carbonyl (C=O) groups excluding carboxylic acids is 2. The normalized spacial score (nSPS) is 10.3. The molecule has 29 heavy (non-hydrogen) atoms. The van der Waals surface area contributed by atoms with Gasteiger partial charge in [0.15, 0.2) is 18.2 Å². The number of nitrogens with one attached hydrogen (secondary N) is 1. The molecule has 3 aromatic carbocycles. The first-order valence-electron chi connectivity index (χ1n) is 8.99. The van der Waals surface area contributed by atoms with Gasteiger partial charge in [-0.05, 0) is 29.3 Å². The third-order valence-corrected chi connectivity index (χ3v) is 4.21. The highest BCUT2D eigenvalue weighted by atomic mass is 19.1. The molecule has 0 radical (unpaired) electrons. The van der Waals surface area contributed by atoms with Gasteiger partial charge in [0.05, 0.1) is 13.5 Å². The zero-order valence-corrected chi connectivity index (χ0v) is 15.9. The molecule has 0 saturated heterocycles. The van der Waals surface area contributed by atoms with E-state index in [1.165, 1.54) is 19.2 Å². The van der Waals surface area contributed by atoms with Crippen LogP contribution in [0.1, 0.15) is 5.56 Å². The van der Waals surface area contributed by atoms with Gasteiger partial charge in [-0.1, -0.05) is 54.6 Å². The lowest BCUT2D eigenvalue weighted by atomic mass is 10.0. The van der Waals surface area contributed by atoms with Crippen molar-refractivity contribution in [3.05, 3.63) is 84.2 Å². The standard InChI is InChI=1S/C23H20FNO4/c1-28-21-12-11-16(13-19(21)24)14-23(27)29-15-22(26)25-20-10-6-5-9-18(20)17-7-3-2-4-8-17/h2-13H,14-15H2,1H3,(H,25,26). The Labute approximate surface area is 168 Å². The number of amides is 1. The molecule has 0 heterocycles. The number of ether oxygens (including phenoxy) is 2. The van der Waals surface area contributed by atoms with Gasteiger partial charge in [0.2, 0.25) is 0 Å². The fraction of sp³-hybridized carbons (Fsp3) is 0.130. The maximum atomic E-state index is 13.7. The Morgan fingerprint density at radius 1 is 0.966 bits per heavy atom. The predicted octanol–water partition coefficient (Wildman–Crippen LogP) is 4.23. The number of hydrogen-bond donors (Lipinski definition) is 1. The van der Waals surface area contributed by atoms with Crippen molar-refractivity contribution in [1.29, 1.82) is 0 Å². The zero-order chi connectivity index (χ0) is 20.6. The second kappa shape index (κ2) is 9.50. The van der Waals surface area contributed by atoms with Crippen LogP contribution in [-0.2, 0) is 20.7 Å². The summed E-state index contributed by atoms with van der Waals surface area (Å²) in [6, 6.07) is 21.2. The molecule has 3 aromatic rings. The molecule has 1 amide bonds. The van der Waals surface area contributed by atoms with E-state index in [2.05, 4.69) is 5.32 Å². The highest BCUT2D eigenvalue weighted by molar-refractivity contribution is 5.96. The van der Waals surface area contributed by atoms with Crippen LogP contribution in [0.4, 0.5) is 10.1 Å². The Bertz CT molecular complexity index is 1000. The van der Waals surface area contributed by atoms with E-state index in [9.17, 15) is 14.0 Å². The highest BCUT2D eigenvalue weighted by Gasteiger charge is 2.12. The fourth-order valence-electron chi connectivity index (χ4n) is 2.83. The first-order chi connectivity index (χ1) is 14.1. The van der Waals surface area contributed by atoms with Crippen molar-refractivity contribution in [1.82, 2.24) is 0 Å². The minimum atomic E-state index is -0.624. The van der Waals surface area contributed by atoms with Crippen LogP contribution in [0.3, 0.4) is 0 Å². The summed E-state index contributed by atoms with van der Waals surface area (Å²) >= 11 is 0.